The molecule has 2 rings (SSSR count). The van der Waals surface area contributed by atoms with Crippen molar-refractivity contribution in [2.75, 3.05) is 13.7 Å². The summed E-state index contributed by atoms with van der Waals surface area (Å²) in [5.74, 6) is 0.593. The van der Waals surface area contributed by atoms with Gasteiger partial charge in [-0.15, -0.1) is 0 Å². The molecular formula is C16H22N4O3. The van der Waals surface area contributed by atoms with Gasteiger partial charge in [0.2, 0.25) is 0 Å². The van der Waals surface area contributed by atoms with Crippen LogP contribution in [0.5, 0.6) is 5.75 Å². The van der Waals surface area contributed by atoms with E-state index in [0.29, 0.717) is 17.9 Å². The van der Waals surface area contributed by atoms with Crippen LogP contribution in [0.2, 0.25) is 0 Å². The van der Waals surface area contributed by atoms with E-state index in [1.54, 1.807) is 31.8 Å². The molecule has 1 aromatic heterocycles. The normalized spacial score (nSPS) is 13.2. The molecule has 0 bridgehead atoms. The van der Waals surface area contributed by atoms with E-state index in [9.17, 15) is 9.90 Å². The second-order valence-corrected chi connectivity index (χ2v) is 5.27. The van der Waals surface area contributed by atoms with Crippen molar-refractivity contribution in [2.24, 2.45) is 0 Å². The lowest BCUT2D eigenvalue weighted by atomic mass is 10.1. The Morgan fingerprint density at radius 1 is 1.43 bits per heavy atom. The molecule has 0 aliphatic carbocycles. The Bertz CT molecular complexity index is 616. The molecule has 0 unspecified atom stereocenters. The Hall–Kier alpha value is -2.54. The fourth-order valence-corrected chi connectivity index (χ4v) is 2.27. The maximum Gasteiger partial charge on any atom is 0.315 e. The highest BCUT2D eigenvalue weighted by atomic mass is 16.5. The van der Waals surface area contributed by atoms with Gasteiger partial charge in [0, 0.05) is 37.1 Å². The molecule has 2 amide bonds. The minimum Gasteiger partial charge on any atom is -0.496 e. The van der Waals surface area contributed by atoms with Gasteiger partial charge in [0.05, 0.1) is 19.5 Å². The van der Waals surface area contributed by atoms with Gasteiger partial charge in [-0.05, 0) is 13.0 Å². The lowest BCUT2D eigenvalue weighted by Crippen LogP contribution is -2.43. The number of hydrogen-bond acceptors (Lipinski definition) is 4. The number of rotatable bonds is 7. The second kappa shape index (κ2) is 8.19. The Labute approximate surface area is 135 Å². The molecule has 7 heteroatoms. The molecule has 7 nitrogen and oxygen atoms in total. The lowest BCUT2D eigenvalue weighted by molar-refractivity contribution is 0.168. The summed E-state index contributed by atoms with van der Waals surface area (Å²) in [6.07, 6.45) is 4.39. The number of carbonyl (C=O) groups excluding carboxylic acids is 1. The third kappa shape index (κ3) is 5.00. The standard InChI is InChI=1S/C16H22N4O3/c1-12(10-20-8-7-17-11-20)19-16(22)18-9-14(21)13-5-3-4-6-15(13)23-2/h3-8,11-12,14,21H,9-10H2,1-2H3,(H2,18,19,22)/t12-,14+/m0/s1. The van der Waals surface area contributed by atoms with Gasteiger partial charge >= 0.3 is 6.03 Å². The van der Waals surface area contributed by atoms with Crippen LogP contribution in [-0.2, 0) is 6.54 Å². The molecule has 2 atom stereocenters. The van der Waals surface area contributed by atoms with Crippen molar-refractivity contribution in [3.63, 3.8) is 0 Å². The Morgan fingerprint density at radius 2 is 2.22 bits per heavy atom. The first kappa shape index (κ1) is 16.8. The quantitative estimate of drug-likeness (QED) is 0.718. The number of methoxy groups -OCH3 is 1. The number of nitrogens with one attached hydrogen (secondary N) is 2. The van der Waals surface area contributed by atoms with Crippen molar-refractivity contribution in [3.8, 4) is 5.75 Å². The summed E-state index contributed by atoms with van der Waals surface area (Å²) in [6.45, 7) is 2.63. The Morgan fingerprint density at radius 3 is 2.91 bits per heavy atom. The number of hydrogen-bond donors (Lipinski definition) is 3. The monoisotopic (exact) mass is 318 g/mol. The number of aliphatic hydroxyl groups is 1. The smallest absolute Gasteiger partial charge is 0.315 e. The van der Waals surface area contributed by atoms with Crippen molar-refractivity contribution < 1.29 is 14.6 Å². The molecular weight excluding hydrogens is 296 g/mol. The number of carbonyl (C=O) groups is 1. The predicted octanol–water partition coefficient (Wildman–Crippen LogP) is 1.31. The Balaban J connectivity index is 1.79. The van der Waals surface area contributed by atoms with Gasteiger partial charge in [0.25, 0.3) is 0 Å². The van der Waals surface area contributed by atoms with Crippen LogP contribution in [0.3, 0.4) is 0 Å². The van der Waals surface area contributed by atoms with Crippen molar-refractivity contribution in [1.29, 1.82) is 0 Å². The first-order chi connectivity index (χ1) is 11.1. The van der Waals surface area contributed by atoms with Gasteiger partial charge in [0.1, 0.15) is 5.75 Å². The number of aromatic nitrogens is 2. The average Bonchev–Trinajstić information content (AvgIpc) is 3.05. The van der Waals surface area contributed by atoms with Gasteiger partial charge < -0.3 is 25.0 Å². The third-order valence-corrected chi connectivity index (χ3v) is 3.38. The maximum absolute atomic E-state index is 11.9. The van der Waals surface area contributed by atoms with Gasteiger partial charge in [-0.25, -0.2) is 9.78 Å². The van der Waals surface area contributed by atoms with Crippen molar-refractivity contribution in [3.05, 3.63) is 48.5 Å². The number of imidazole rings is 1. The first-order valence-corrected chi connectivity index (χ1v) is 7.41. The summed E-state index contributed by atoms with van der Waals surface area (Å²) in [5, 5.41) is 15.7. The summed E-state index contributed by atoms with van der Waals surface area (Å²) in [6, 6.07) is 6.79. The third-order valence-electron chi connectivity index (χ3n) is 3.38. The van der Waals surface area contributed by atoms with Crippen LogP contribution in [0.25, 0.3) is 0 Å². The zero-order valence-corrected chi connectivity index (χ0v) is 13.3. The summed E-state index contributed by atoms with van der Waals surface area (Å²) in [7, 11) is 1.55. The Kier molecular flexibility index (Phi) is 5.99. The van der Waals surface area contributed by atoms with Crippen LogP contribution in [-0.4, -0.2) is 40.4 Å². The molecule has 0 aliphatic heterocycles. The van der Waals surface area contributed by atoms with E-state index in [2.05, 4.69) is 15.6 Å². The van der Waals surface area contributed by atoms with Gasteiger partial charge in [-0.2, -0.15) is 0 Å². The minimum absolute atomic E-state index is 0.0624. The molecule has 0 saturated carbocycles. The molecule has 0 aliphatic rings. The molecule has 0 radical (unpaired) electrons. The van der Waals surface area contributed by atoms with Crippen LogP contribution < -0.4 is 15.4 Å². The zero-order chi connectivity index (χ0) is 16.7. The molecule has 2 aromatic rings. The number of ether oxygens (including phenoxy) is 1. The number of urea groups is 1. The van der Waals surface area contributed by atoms with E-state index in [4.69, 9.17) is 4.74 Å². The van der Waals surface area contributed by atoms with Crippen LogP contribution in [0.15, 0.2) is 43.0 Å². The lowest BCUT2D eigenvalue weighted by Gasteiger charge is -2.18. The molecule has 1 aromatic carbocycles. The fraction of sp³-hybridized carbons (Fsp3) is 0.375. The SMILES string of the molecule is COc1ccccc1[C@H](O)CNC(=O)N[C@@H](C)Cn1ccnc1. The van der Waals surface area contributed by atoms with Crippen LogP contribution >= 0.6 is 0 Å². The van der Waals surface area contributed by atoms with Crippen LogP contribution in [0.4, 0.5) is 4.79 Å². The van der Waals surface area contributed by atoms with Crippen molar-refractivity contribution in [1.82, 2.24) is 20.2 Å². The molecule has 124 valence electrons. The molecule has 23 heavy (non-hydrogen) atoms. The predicted molar refractivity (Wildman–Crippen MR) is 86.2 cm³/mol. The first-order valence-electron chi connectivity index (χ1n) is 7.41. The van der Waals surface area contributed by atoms with Crippen molar-refractivity contribution >= 4 is 6.03 Å². The fourth-order valence-electron chi connectivity index (χ4n) is 2.27. The highest BCUT2D eigenvalue weighted by Gasteiger charge is 2.14. The number of amides is 2. The van der Waals surface area contributed by atoms with E-state index >= 15 is 0 Å². The zero-order valence-electron chi connectivity index (χ0n) is 13.3. The number of benzene rings is 1. The van der Waals surface area contributed by atoms with Gasteiger partial charge in [0.15, 0.2) is 0 Å². The van der Waals surface area contributed by atoms with Crippen LogP contribution in [0, 0.1) is 0 Å². The largest absolute Gasteiger partial charge is 0.496 e. The molecule has 0 saturated heterocycles. The van der Waals surface area contributed by atoms with E-state index in [1.807, 2.05) is 29.8 Å². The topological polar surface area (TPSA) is 88.4 Å². The number of nitrogens with zero attached hydrogens (tertiary/aromatic N) is 2. The molecule has 1 heterocycles. The summed E-state index contributed by atoms with van der Waals surface area (Å²) in [5.41, 5.74) is 0.641. The van der Waals surface area contributed by atoms with Gasteiger partial charge in [-0.3, -0.25) is 0 Å². The summed E-state index contributed by atoms with van der Waals surface area (Å²) in [4.78, 5) is 15.8. The minimum atomic E-state index is -0.833. The van der Waals surface area contributed by atoms with Crippen molar-refractivity contribution in [2.45, 2.75) is 25.6 Å². The molecule has 3 N–H and O–H groups in total. The average molecular weight is 318 g/mol. The highest BCUT2D eigenvalue weighted by molar-refractivity contribution is 5.74. The number of aliphatic hydroxyl groups excluding tert-OH is 1. The van der Waals surface area contributed by atoms with E-state index in [1.165, 1.54) is 0 Å². The van der Waals surface area contributed by atoms with E-state index < -0.39 is 6.10 Å². The van der Waals surface area contributed by atoms with E-state index in [0.717, 1.165) is 0 Å². The van der Waals surface area contributed by atoms with E-state index in [-0.39, 0.29) is 18.6 Å². The molecule has 0 spiro atoms. The highest BCUT2D eigenvalue weighted by Crippen LogP contribution is 2.23. The maximum atomic E-state index is 11.9. The number of para-hydroxylation sites is 1. The summed E-state index contributed by atoms with van der Waals surface area (Å²) < 4.78 is 7.08. The second-order valence-electron chi connectivity index (χ2n) is 5.27. The molecule has 0 fully saturated rings. The summed E-state index contributed by atoms with van der Waals surface area (Å²) >= 11 is 0. The van der Waals surface area contributed by atoms with Crippen LogP contribution in [0.1, 0.15) is 18.6 Å². The van der Waals surface area contributed by atoms with Gasteiger partial charge in [-0.1, -0.05) is 18.2 Å².